The van der Waals surface area contributed by atoms with Crippen LogP contribution in [0.1, 0.15) is 32.8 Å². The number of hydrogen-bond donors (Lipinski definition) is 3. The minimum atomic E-state index is -0.130. The normalized spacial score (nSPS) is 11.2. The van der Waals surface area contributed by atoms with Crippen molar-refractivity contribution < 1.29 is 9.53 Å². The van der Waals surface area contributed by atoms with Crippen LogP contribution in [-0.4, -0.2) is 44.7 Å². The quantitative estimate of drug-likeness (QED) is 0.348. The zero-order chi connectivity index (χ0) is 17.6. The van der Waals surface area contributed by atoms with Crippen molar-refractivity contribution in [3.8, 4) is 0 Å². The summed E-state index contributed by atoms with van der Waals surface area (Å²) in [6, 6.07) is 7.86. The number of aliphatic imine (C=N–C) groups is 1. The minimum Gasteiger partial charge on any atom is -0.382 e. The molecule has 0 aromatic heterocycles. The number of nitrogens with one attached hydrogen (secondary N) is 3. The number of carbonyl (C=O) groups excluding carboxylic acids is 1. The van der Waals surface area contributed by atoms with E-state index in [4.69, 9.17) is 4.74 Å². The van der Waals surface area contributed by atoms with Gasteiger partial charge in [-0.2, -0.15) is 0 Å². The number of benzene rings is 1. The van der Waals surface area contributed by atoms with Gasteiger partial charge in [0.15, 0.2) is 5.96 Å². The highest BCUT2D eigenvalue weighted by atomic mass is 16.5. The molecule has 3 N–H and O–H groups in total. The lowest BCUT2D eigenvalue weighted by Gasteiger charge is -2.11. The molecule has 134 valence electrons. The summed E-state index contributed by atoms with van der Waals surface area (Å²) in [7, 11) is 0. The van der Waals surface area contributed by atoms with Crippen LogP contribution in [0.5, 0.6) is 0 Å². The van der Waals surface area contributed by atoms with E-state index in [9.17, 15) is 4.79 Å². The lowest BCUT2D eigenvalue weighted by molar-refractivity contribution is -0.114. The number of ether oxygens (including phenoxy) is 1. The van der Waals surface area contributed by atoms with Gasteiger partial charge in [-0.15, -0.1) is 0 Å². The summed E-state index contributed by atoms with van der Waals surface area (Å²) in [5.41, 5.74) is 2.00. The lowest BCUT2D eigenvalue weighted by Crippen LogP contribution is -2.38. The van der Waals surface area contributed by atoms with E-state index in [1.54, 1.807) is 0 Å². The molecule has 0 saturated carbocycles. The second kappa shape index (κ2) is 12.4. The number of rotatable bonds is 10. The van der Waals surface area contributed by atoms with Crippen molar-refractivity contribution in [2.45, 2.75) is 33.6 Å². The summed E-state index contributed by atoms with van der Waals surface area (Å²) in [6.45, 7) is 9.10. The maximum Gasteiger partial charge on any atom is 0.246 e. The Hall–Kier alpha value is -2.08. The number of hydrogen-bond acceptors (Lipinski definition) is 3. The van der Waals surface area contributed by atoms with Crippen molar-refractivity contribution in [1.29, 1.82) is 0 Å². The van der Waals surface area contributed by atoms with E-state index in [0.29, 0.717) is 5.96 Å². The standard InChI is InChI=1S/C18H30N4O2/c1-4-15-9-7-10-16(13-15)22-17(23)14-21-18(19-5-2)20-11-8-12-24-6-3/h7,9-10,13H,4-6,8,11-12,14H2,1-3H3,(H,22,23)(H2,19,20,21). The van der Waals surface area contributed by atoms with Crippen molar-refractivity contribution >= 4 is 17.6 Å². The molecule has 1 aromatic rings. The summed E-state index contributed by atoms with van der Waals surface area (Å²) in [5, 5.41) is 9.20. The van der Waals surface area contributed by atoms with Gasteiger partial charge in [0, 0.05) is 32.0 Å². The average molecular weight is 334 g/mol. The molecule has 0 heterocycles. The SMILES string of the molecule is CCNC(=NCC(=O)Nc1cccc(CC)c1)NCCCOCC. The molecule has 0 bridgehead atoms. The predicted octanol–water partition coefficient (Wildman–Crippen LogP) is 2.17. The van der Waals surface area contributed by atoms with Crippen LogP contribution in [0.4, 0.5) is 5.69 Å². The second-order valence-electron chi connectivity index (χ2n) is 5.27. The number of aryl methyl sites for hydroxylation is 1. The number of nitrogens with zero attached hydrogens (tertiary/aromatic N) is 1. The number of anilines is 1. The molecule has 0 saturated heterocycles. The molecule has 1 aromatic carbocycles. The van der Waals surface area contributed by atoms with Crippen LogP contribution in [-0.2, 0) is 16.0 Å². The van der Waals surface area contributed by atoms with Gasteiger partial charge in [-0.3, -0.25) is 4.79 Å². The van der Waals surface area contributed by atoms with Crippen molar-refractivity contribution in [1.82, 2.24) is 10.6 Å². The summed E-state index contributed by atoms with van der Waals surface area (Å²) < 4.78 is 5.29. The third kappa shape index (κ3) is 8.53. The second-order valence-corrected chi connectivity index (χ2v) is 5.27. The van der Waals surface area contributed by atoms with Crippen molar-refractivity contribution in [2.24, 2.45) is 4.99 Å². The third-order valence-corrected chi connectivity index (χ3v) is 3.31. The van der Waals surface area contributed by atoms with Crippen LogP contribution in [0.25, 0.3) is 0 Å². The third-order valence-electron chi connectivity index (χ3n) is 3.31. The lowest BCUT2D eigenvalue weighted by atomic mass is 10.1. The van der Waals surface area contributed by atoms with Gasteiger partial charge in [0.1, 0.15) is 6.54 Å². The molecule has 0 atom stereocenters. The van der Waals surface area contributed by atoms with Gasteiger partial charge in [0.2, 0.25) is 5.91 Å². The molecule has 0 radical (unpaired) electrons. The maximum absolute atomic E-state index is 12.0. The molecule has 0 spiro atoms. The molecule has 1 amide bonds. The molecule has 0 unspecified atom stereocenters. The first-order valence-electron chi connectivity index (χ1n) is 8.68. The topological polar surface area (TPSA) is 74.8 Å². The highest BCUT2D eigenvalue weighted by molar-refractivity contribution is 5.94. The first kappa shape index (κ1) is 20.0. The Morgan fingerprint density at radius 1 is 1.21 bits per heavy atom. The van der Waals surface area contributed by atoms with Crippen LogP contribution >= 0.6 is 0 Å². The van der Waals surface area contributed by atoms with E-state index < -0.39 is 0 Å². The van der Waals surface area contributed by atoms with E-state index in [-0.39, 0.29) is 12.5 Å². The molecule has 0 aliphatic rings. The number of guanidine groups is 1. The largest absolute Gasteiger partial charge is 0.382 e. The van der Waals surface area contributed by atoms with Gasteiger partial charge in [-0.1, -0.05) is 19.1 Å². The molecule has 6 nitrogen and oxygen atoms in total. The monoisotopic (exact) mass is 334 g/mol. The number of carbonyl (C=O) groups is 1. The van der Waals surface area contributed by atoms with Gasteiger partial charge in [0.25, 0.3) is 0 Å². The Kier molecular flexibility index (Phi) is 10.3. The van der Waals surface area contributed by atoms with Crippen LogP contribution in [0.3, 0.4) is 0 Å². The fraction of sp³-hybridized carbons (Fsp3) is 0.556. The molecule has 0 fully saturated rings. The molecule has 24 heavy (non-hydrogen) atoms. The van der Waals surface area contributed by atoms with Crippen LogP contribution < -0.4 is 16.0 Å². The molecule has 0 aliphatic heterocycles. The summed E-state index contributed by atoms with van der Waals surface area (Å²) >= 11 is 0. The average Bonchev–Trinajstić information content (AvgIpc) is 2.59. The van der Waals surface area contributed by atoms with Gasteiger partial charge < -0.3 is 20.7 Å². The smallest absolute Gasteiger partial charge is 0.246 e. The fourth-order valence-corrected chi connectivity index (χ4v) is 2.09. The van der Waals surface area contributed by atoms with Gasteiger partial charge in [-0.25, -0.2) is 4.99 Å². The minimum absolute atomic E-state index is 0.0805. The van der Waals surface area contributed by atoms with E-state index >= 15 is 0 Å². The van der Waals surface area contributed by atoms with Gasteiger partial charge >= 0.3 is 0 Å². The predicted molar refractivity (Wildman–Crippen MR) is 99.5 cm³/mol. The van der Waals surface area contributed by atoms with E-state index in [0.717, 1.165) is 44.8 Å². The zero-order valence-corrected chi connectivity index (χ0v) is 15.0. The highest BCUT2D eigenvalue weighted by Crippen LogP contribution is 2.10. The molecular weight excluding hydrogens is 304 g/mol. The molecule has 6 heteroatoms. The first-order valence-corrected chi connectivity index (χ1v) is 8.68. The fourth-order valence-electron chi connectivity index (χ4n) is 2.09. The van der Waals surface area contributed by atoms with Crippen LogP contribution in [0, 0.1) is 0 Å². The van der Waals surface area contributed by atoms with Gasteiger partial charge in [0.05, 0.1) is 0 Å². The van der Waals surface area contributed by atoms with Crippen molar-refractivity contribution in [3.05, 3.63) is 29.8 Å². The van der Waals surface area contributed by atoms with Crippen LogP contribution in [0.15, 0.2) is 29.3 Å². The molecular formula is C18H30N4O2. The summed E-state index contributed by atoms with van der Waals surface area (Å²) in [4.78, 5) is 16.4. The van der Waals surface area contributed by atoms with E-state index in [2.05, 4.69) is 27.9 Å². The zero-order valence-electron chi connectivity index (χ0n) is 15.0. The Bertz CT molecular complexity index is 517. The van der Waals surface area contributed by atoms with E-state index in [1.807, 2.05) is 38.1 Å². The summed E-state index contributed by atoms with van der Waals surface area (Å²) in [6.07, 6.45) is 1.84. The Balaban J connectivity index is 2.44. The van der Waals surface area contributed by atoms with Crippen LogP contribution in [0.2, 0.25) is 0 Å². The maximum atomic E-state index is 12.0. The number of amides is 1. The molecule has 0 aliphatic carbocycles. The van der Waals surface area contributed by atoms with E-state index in [1.165, 1.54) is 5.56 Å². The van der Waals surface area contributed by atoms with Gasteiger partial charge in [-0.05, 0) is 44.4 Å². The Morgan fingerprint density at radius 3 is 2.75 bits per heavy atom. The highest BCUT2D eigenvalue weighted by Gasteiger charge is 2.03. The van der Waals surface area contributed by atoms with Crippen molar-refractivity contribution in [3.63, 3.8) is 0 Å². The Labute approximate surface area is 145 Å². The first-order chi connectivity index (χ1) is 11.7. The summed E-state index contributed by atoms with van der Waals surface area (Å²) in [5.74, 6) is 0.515. The molecule has 1 rings (SSSR count). The Morgan fingerprint density at radius 2 is 2.04 bits per heavy atom. The van der Waals surface area contributed by atoms with Crippen molar-refractivity contribution in [2.75, 3.05) is 38.2 Å².